The summed E-state index contributed by atoms with van der Waals surface area (Å²) in [6.45, 7) is 1.64. The number of ether oxygens (including phenoxy) is 1. The molecule has 1 fully saturated rings. The lowest BCUT2D eigenvalue weighted by molar-refractivity contribution is 0.0975. The smallest absolute Gasteiger partial charge is 0.0716 e. The summed E-state index contributed by atoms with van der Waals surface area (Å²) in [6, 6.07) is 10.4. The third-order valence-corrected chi connectivity index (χ3v) is 5.09. The van der Waals surface area contributed by atoms with Crippen molar-refractivity contribution in [3.63, 3.8) is 0 Å². The zero-order valence-electron chi connectivity index (χ0n) is 11.7. The van der Waals surface area contributed by atoms with Gasteiger partial charge in [0.25, 0.3) is 0 Å². The molecule has 0 radical (unpaired) electrons. The van der Waals surface area contributed by atoms with E-state index in [2.05, 4.69) is 40.2 Å². The Hall–Kier alpha value is -0.340. The van der Waals surface area contributed by atoms with Crippen molar-refractivity contribution < 1.29 is 4.74 Å². The van der Waals surface area contributed by atoms with E-state index in [4.69, 9.17) is 4.74 Å². The van der Waals surface area contributed by atoms with Gasteiger partial charge in [0.2, 0.25) is 0 Å². The van der Waals surface area contributed by atoms with Gasteiger partial charge in [0.15, 0.2) is 0 Å². The first-order valence-corrected chi connectivity index (χ1v) is 8.70. The van der Waals surface area contributed by atoms with Gasteiger partial charge in [-0.1, -0.05) is 78.4 Å². The molecule has 1 aromatic carbocycles. The molecule has 0 spiro atoms. The Kier molecular flexibility index (Phi) is 6.94. The predicted octanol–water partition coefficient (Wildman–Crippen LogP) is 5.18. The van der Waals surface area contributed by atoms with Gasteiger partial charge in [0.05, 0.1) is 6.61 Å². The van der Waals surface area contributed by atoms with Crippen molar-refractivity contribution >= 4 is 15.9 Å². The molecule has 106 valence electrons. The van der Waals surface area contributed by atoms with Crippen LogP contribution >= 0.6 is 15.9 Å². The molecule has 1 atom stereocenters. The average molecular weight is 325 g/mol. The van der Waals surface area contributed by atoms with Crippen LogP contribution in [0, 0.1) is 11.8 Å². The summed E-state index contributed by atoms with van der Waals surface area (Å²) in [5.41, 5.74) is 1.27. The second kappa shape index (κ2) is 8.76. The van der Waals surface area contributed by atoms with Gasteiger partial charge in [-0.05, 0) is 23.8 Å². The molecule has 1 aliphatic carbocycles. The molecule has 0 heterocycles. The number of halogens is 1. The van der Waals surface area contributed by atoms with Gasteiger partial charge in [0, 0.05) is 11.9 Å². The maximum Gasteiger partial charge on any atom is 0.0716 e. The van der Waals surface area contributed by atoms with Crippen LogP contribution in [0.3, 0.4) is 0 Å². The zero-order valence-corrected chi connectivity index (χ0v) is 13.3. The highest BCUT2D eigenvalue weighted by molar-refractivity contribution is 9.09. The summed E-state index contributed by atoms with van der Waals surface area (Å²) in [4.78, 5) is 0. The van der Waals surface area contributed by atoms with Gasteiger partial charge in [-0.15, -0.1) is 0 Å². The van der Waals surface area contributed by atoms with Gasteiger partial charge in [-0.2, -0.15) is 0 Å². The molecular weight excluding hydrogens is 300 g/mol. The molecule has 1 aliphatic rings. The number of hydrogen-bond donors (Lipinski definition) is 0. The van der Waals surface area contributed by atoms with Crippen LogP contribution in [0.2, 0.25) is 0 Å². The highest BCUT2D eigenvalue weighted by atomic mass is 79.9. The topological polar surface area (TPSA) is 9.23 Å². The SMILES string of the molecule is BrCC(CCOCc1ccccc1)C1CCCCC1. The van der Waals surface area contributed by atoms with E-state index >= 15 is 0 Å². The monoisotopic (exact) mass is 324 g/mol. The minimum absolute atomic E-state index is 0.751. The van der Waals surface area contributed by atoms with Crippen molar-refractivity contribution in [1.82, 2.24) is 0 Å². The Morgan fingerprint density at radius 1 is 1.11 bits per heavy atom. The summed E-state index contributed by atoms with van der Waals surface area (Å²) in [6.07, 6.45) is 8.35. The van der Waals surface area contributed by atoms with Crippen molar-refractivity contribution in [3.8, 4) is 0 Å². The van der Waals surface area contributed by atoms with E-state index in [-0.39, 0.29) is 0 Å². The van der Waals surface area contributed by atoms with Crippen LogP contribution in [0.25, 0.3) is 0 Å². The van der Waals surface area contributed by atoms with Crippen LogP contribution in [-0.2, 0) is 11.3 Å². The molecule has 2 rings (SSSR count). The minimum atomic E-state index is 0.751. The summed E-state index contributed by atoms with van der Waals surface area (Å²) in [5.74, 6) is 1.73. The molecule has 1 nitrogen and oxygen atoms in total. The van der Waals surface area contributed by atoms with E-state index in [0.717, 1.165) is 30.4 Å². The fraction of sp³-hybridized carbons (Fsp3) is 0.647. The van der Waals surface area contributed by atoms with Gasteiger partial charge < -0.3 is 4.74 Å². The van der Waals surface area contributed by atoms with Crippen LogP contribution in [0.1, 0.15) is 44.1 Å². The maximum absolute atomic E-state index is 5.82. The van der Waals surface area contributed by atoms with Crippen molar-refractivity contribution in [3.05, 3.63) is 35.9 Å². The fourth-order valence-electron chi connectivity index (χ4n) is 3.04. The maximum atomic E-state index is 5.82. The molecule has 1 aromatic rings. The summed E-state index contributed by atoms with van der Waals surface area (Å²) >= 11 is 3.69. The van der Waals surface area contributed by atoms with E-state index in [1.54, 1.807) is 0 Å². The van der Waals surface area contributed by atoms with Crippen molar-refractivity contribution in [1.29, 1.82) is 0 Å². The predicted molar refractivity (Wildman–Crippen MR) is 84.6 cm³/mol. The second-order valence-electron chi connectivity index (χ2n) is 5.64. The zero-order chi connectivity index (χ0) is 13.3. The van der Waals surface area contributed by atoms with Gasteiger partial charge >= 0.3 is 0 Å². The first-order valence-electron chi connectivity index (χ1n) is 7.58. The third-order valence-electron chi connectivity index (χ3n) is 4.26. The molecule has 19 heavy (non-hydrogen) atoms. The molecule has 2 heteroatoms. The summed E-state index contributed by atoms with van der Waals surface area (Å²) in [7, 11) is 0. The van der Waals surface area contributed by atoms with Crippen LogP contribution in [-0.4, -0.2) is 11.9 Å². The Labute approximate surface area is 125 Å². The quantitative estimate of drug-likeness (QED) is 0.495. The largest absolute Gasteiger partial charge is 0.377 e. The average Bonchev–Trinajstić information content (AvgIpc) is 2.49. The van der Waals surface area contributed by atoms with E-state index in [1.807, 2.05) is 6.07 Å². The highest BCUT2D eigenvalue weighted by Gasteiger charge is 2.22. The first kappa shape index (κ1) is 15.1. The molecule has 0 aliphatic heterocycles. The molecule has 1 unspecified atom stereocenters. The Morgan fingerprint density at radius 2 is 1.84 bits per heavy atom. The Bertz CT molecular complexity index is 332. The van der Waals surface area contributed by atoms with Crippen molar-refractivity contribution in [2.75, 3.05) is 11.9 Å². The van der Waals surface area contributed by atoms with E-state index in [0.29, 0.717) is 0 Å². The molecule has 0 bridgehead atoms. The molecule has 0 saturated heterocycles. The summed E-state index contributed by atoms with van der Waals surface area (Å²) < 4.78 is 5.82. The third kappa shape index (κ3) is 5.27. The lowest BCUT2D eigenvalue weighted by Gasteiger charge is -2.29. The number of benzene rings is 1. The number of rotatable bonds is 7. The molecule has 0 aromatic heterocycles. The highest BCUT2D eigenvalue weighted by Crippen LogP contribution is 2.32. The number of hydrogen-bond acceptors (Lipinski definition) is 1. The first-order chi connectivity index (χ1) is 9.40. The van der Waals surface area contributed by atoms with Crippen LogP contribution < -0.4 is 0 Å². The molecular formula is C17H25BrO. The Morgan fingerprint density at radius 3 is 2.53 bits per heavy atom. The van der Waals surface area contributed by atoms with Crippen LogP contribution in [0.4, 0.5) is 0 Å². The fourth-order valence-corrected chi connectivity index (χ4v) is 3.90. The molecule has 0 amide bonds. The minimum Gasteiger partial charge on any atom is -0.377 e. The van der Waals surface area contributed by atoms with Crippen molar-refractivity contribution in [2.24, 2.45) is 11.8 Å². The van der Waals surface area contributed by atoms with Crippen LogP contribution in [0.5, 0.6) is 0 Å². The van der Waals surface area contributed by atoms with E-state index in [1.165, 1.54) is 44.1 Å². The lowest BCUT2D eigenvalue weighted by Crippen LogP contribution is -2.20. The lowest BCUT2D eigenvalue weighted by atomic mass is 9.79. The van der Waals surface area contributed by atoms with Gasteiger partial charge in [-0.3, -0.25) is 0 Å². The second-order valence-corrected chi connectivity index (χ2v) is 6.29. The summed E-state index contributed by atoms with van der Waals surface area (Å²) in [5, 5.41) is 1.13. The van der Waals surface area contributed by atoms with Crippen LogP contribution in [0.15, 0.2) is 30.3 Å². The number of alkyl halides is 1. The standard InChI is InChI=1S/C17H25BrO/c18-13-17(16-9-5-2-6-10-16)11-12-19-14-15-7-3-1-4-8-15/h1,3-4,7-8,16-17H,2,5-6,9-14H2. The normalized spacial score (nSPS) is 18.4. The Balaban J connectivity index is 1.65. The molecule has 1 saturated carbocycles. The van der Waals surface area contributed by atoms with E-state index < -0.39 is 0 Å². The van der Waals surface area contributed by atoms with Gasteiger partial charge in [0.1, 0.15) is 0 Å². The molecule has 0 N–H and O–H groups in total. The van der Waals surface area contributed by atoms with E-state index in [9.17, 15) is 0 Å². The van der Waals surface area contributed by atoms with Crippen molar-refractivity contribution in [2.45, 2.75) is 45.1 Å². The van der Waals surface area contributed by atoms with Gasteiger partial charge in [-0.25, -0.2) is 0 Å².